The summed E-state index contributed by atoms with van der Waals surface area (Å²) in [4.78, 5) is 0. The molecule has 1 aromatic carbocycles. The van der Waals surface area contributed by atoms with E-state index in [1.54, 1.807) is 7.11 Å². The second-order valence-electron chi connectivity index (χ2n) is 4.67. The largest absolute Gasteiger partial charge is 0.496 e. The molecule has 0 fully saturated rings. The normalized spacial score (nSPS) is 12.8. The van der Waals surface area contributed by atoms with Gasteiger partial charge in [-0.1, -0.05) is 44.4 Å². The lowest BCUT2D eigenvalue weighted by molar-refractivity contribution is 0.348. The average Bonchev–Trinajstić information content (AvgIpc) is 2.38. The fourth-order valence-corrected chi connectivity index (χ4v) is 2.56. The average molecular weight is 270 g/mol. The van der Waals surface area contributed by atoms with Gasteiger partial charge in [-0.15, -0.1) is 0 Å². The Kier molecular flexibility index (Phi) is 6.51. The minimum Gasteiger partial charge on any atom is -0.496 e. The topological polar surface area (TPSA) is 21.3 Å². The van der Waals surface area contributed by atoms with Crippen LogP contribution in [0.15, 0.2) is 18.2 Å². The lowest BCUT2D eigenvalue weighted by atomic mass is 9.95. The van der Waals surface area contributed by atoms with E-state index in [0.29, 0.717) is 12.0 Å². The van der Waals surface area contributed by atoms with Gasteiger partial charge in [0.05, 0.1) is 7.11 Å². The highest BCUT2D eigenvalue weighted by atomic mass is 35.5. The van der Waals surface area contributed by atoms with Gasteiger partial charge in [-0.3, -0.25) is 0 Å². The summed E-state index contributed by atoms with van der Waals surface area (Å²) in [6, 6.07) is 6.25. The smallest absolute Gasteiger partial charge is 0.124 e. The molecule has 102 valence electrons. The Morgan fingerprint density at radius 2 is 1.94 bits per heavy atom. The second-order valence-corrected chi connectivity index (χ2v) is 5.07. The minimum atomic E-state index is 0.487. The summed E-state index contributed by atoms with van der Waals surface area (Å²) in [5, 5.41) is 4.31. The lowest BCUT2D eigenvalue weighted by Crippen LogP contribution is -2.32. The predicted molar refractivity (Wildman–Crippen MR) is 78.4 cm³/mol. The van der Waals surface area contributed by atoms with Crippen molar-refractivity contribution in [2.45, 2.75) is 46.2 Å². The van der Waals surface area contributed by atoms with Crippen molar-refractivity contribution in [2.24, 2.45) is 5.92 Å². The zero-order valence-electron chi connectivity index (χ0n) is 11.8. The van der Waals surface area contributed by atoms with Crippen LogP contribution in [-0.4, -0.2) is 13.2 Å². The zero-order chi connectivity index (χ0) is 13.5. The van der Waals surface area contributed by atoms with Crippen molar-refractivity contribution in [3.8, 4) is 5.75 Å². The van der Waals surface area contributed by atoms with Crippen molar-refractivity contribution in [2.75, 3.05) is 7.11 Å². The van der Waals surface area contributed by atoms with Gasteiger partial charge in [0, 0.05) is 23.2 Å². The first-order valence-electron chi connectivity index (χ1n) is 6.68. The molecule has 0 aliphatic heterocycles. The summed E-state index contributed by atoms with van der Waals surface area (Å²) in [5.41, 5.74) is 1.04. The van der Waals surface area contributed by atoms with E-state index in [1.165, 1.54) is 12.8 Å². The van der Waals surface area contributed by atoms with E-state index < -0.39 is 0 Å². The van der Waals surface area contributed by atoms with E-state index in [-0.39, 0.29) is 0 Å². The first-order valence-corrected chi connectivity index (χ1v) is 7.06. The Morgan fingerprint density at radius 3 is 2.50 bits per heavy atom. The van der Waals surface area contributed by atoms with Crippen molar-refractivity contribution in [1.29, 1.82) is 0 Å². The number of hydrogen-bond acceptors (Lipinski definition) is 2. The molecule has 0 amide bonds. The monoisotopic (exact) mass is 269 g/mol. The van der Waals surface area contributed by atoms with Crippen LogP contribution >= 0.6 is 11.6 Å². The van der Waals surface area contributed by atoms with Gasteiger partial charge in [0.25, 0.3) is 0 Å². The summed E-state index contributed by atoms with van der Waals surface area (Å²) >= 11 is 6.22. The number of hydrogen-bond donors (Lipinski definition) is 1. The highest BCUT2D eigenvalue weighted by Crippen LogP contribution is 2.26. The van der Waals surface area contributed by atoms with Crippen LogP contribution < -0.4 is 10.1 Å². The van der Waals surface area contributed by atoms with E-state index in [9.17, 15) is 0 Å². The van der Waals surface area contributed by atoms with Crippen LogP contribution in [0.5, 0.6) is 5.75 Å². The van der Waals surface area contributed by atoms with Crippen molar-refractivity contribution in [1.82, 2.24) is 5.32 Å². The SMILES string of the molecule is CCC(CC)C(C)NCc1c(Cl)cccc1OC. The van der Waals surface area contributed by atoms with Crippen LogP contribution in [0.2, 0.25) is 5.02 Å². The first kappa shape index (κ1) is 15.3. The van der Waals surface area contributed by atoms with Gasteiger partial charge in [-0.05, 0) is 25.0 Å². The summed E-state index contributed by atoms with van der Waals surface area (Å²) in [7, 11) is 1.68. The predicted octanol–water partition coefficient (Wildman–Crippen LogP) is 4.26. The molecule has 0 spiro atoms. The zero-order valence-corrected chi connectivity index (χ0v) is 12.6. The van der Waals surface area contributed by atoms with Crippen LogP contribution in [0, 0.1) is 5.92 Å². The fraction of sp³-hybridized carbons (Fsp3) is 0.600. The van der Waals surface area contributed by atoms with Crippen molar-refractivity contribution < 1.29 is 4.74 Å². The third kappa shape index (κ3) is 3.89. The van der Waals surface area contributed by atoms with Crippen LogP contribution in [0.4, 0.5) is 0 Å². The molecule has 0 aliphatic rings. The van der Waals surface area contributed by atoms with Crippen molar-refractivity contribution >= 4 is 11.6 Å². The van der Waals surface area contributed by atoms with E-state index >= 15 is 0 Å². The number of methoxy groups -OCH3 is 1. The molecular formula is C15H24ClNO. The molecule has 0 radical (unpaired) electrons. The van der Waals surface area contributed by atoms with Gasteiger partial charge in [0.15, 0.2) is 0 Å². The van der Waals surface area contributed by atoms with Crippen LogP contribution in [-0.2, 0) is 6.54 Å². The first-order chi connectivity index (χ1) is 8.63. The quantitative estimate of drug-likeness (QED) is 0.798. The molecule has 0 aliphatic carbocycles. The number of halogens is 1. The molecule has 18 heavy (non-hydrogen) atoms. The maximum atomic E-state index is 6.22. The molecule has 1 unspecified atom stereocenters. The Bertz CT molecular complexity index is 364. The maximum absolute atomic E-state index is 6.22. The molecule has 1 aromatic rings. The van der Waals surface area contributed by atoms with Crippen molar-refractivity contribution in [3.05, 3.63) is 28.8 Å². The molecule has 0 bridgehead atoms. The van der Waals surface area contributed by atoms with Crippen LogP contribution in [0.1, 0.15) is 39.2 Å². The summed E-state index contributed by atoms with van der Waals surface area (Å²) in [5.74, 6) is 1.56. The van der Waals surface area contributed by atoms with E-state index in [4.69, 9.17) is 16.3 Å². The Morgan fingerprint density at radius 1 is 1.28 bits per heavy atom. The van der Waals surface area contributed by atoms with Gasteiger partial charge < -0.3 is 10.1 Å². The molecule has 1 N–H and O–H groups in total. The fourth-order valence-electron chi connectivity index (χ4n) is 2.33. The highest BCUT2D eigenvalue weighted by molar-refractivity contribution is 6.31. The highest BCUT2D eigenvalue weighted by Gasteiger charge is 2.14. The van der Waals surface area contributed by atoms with Gasteiger partial charge in [0.1, 0.15) is 5.75 Å². The minimum absolute atomic E-state index is 0.487. The summed E-state index contributed by atoms with van der Waals surface area (Å²) in [6.07, 6.45) is 2.40. The maximum Gasteiger partial charge on any atom is 0.124 e. The molecular weight excluding hydrogens is 246 g/mol. The number of rotatable bonds is 7. The number of nitrogens with one attached hydrogen (secondary N) is 1. The van der Waals surface area contributed by atoms with E-state index in [0.717, 1.165) is 22.9 Å². The summed E-state index contributed by atoms with van der Waals surface area (Å²) in [6.45, 7) is 7.46. The van der Waals surface area contributed by atoms with Gasteiger partial charge >= 0.3 is 0 Å². The molecule has 1 atom stereocenters. The Balaban J connectivity index is 2.68. The molecule has 2 nitrogen and oxygen atoms in total. The Labute approximate surface area is 116 Å². The van der Waals surface area contributed by atoms with Crippen molar-refractivity contribution in [3.63, 3.8) is 0 Å². The second kappa shape index (κ2) is 7.65. The molecule has 0 aromatic heterocycles. The molecule has 0 saturated heterocycles. The number of benzene rings is 1. The van der Waals surface area contributed by atoms with E-state index in [1.807, 2.05) is 18.2 Å². The van der Waals surface area contributed by atoms with Gasteiger partial charge in [0.2, 0.25) is 0 Å². The third-order valence-electron chi connectivity index (χ3n) is 3.65. The summed E-state index contributed by atoms with van der Waals surface area (Å²) < 4.78 is 5.35. The third-order valence-corrected chi connectivity index (χ3v) is 4.01. The lowest BCUT2D eigenvalue weighted by Gasteiger charge is -2.23. The molecule has 1 rings (SSSR count). The van der Waals surface area contributed by atoms with E-state index in [2.05, 4.69) is 26.1 Å². The van der Waals surface area contributed by atoms with Gasteiger partial charge in [-0.2, -0.15) is 0 Å². The van der Waals surface area contributed by atoms with Gasteiger partial charge in [-0.25, -0.2) is 0 Å². The standard InChI is InChI=1S/C15H24ClNO/c1-5-12(6-2)11(3)17-10-13-14(16)8-7-9-15(13)18-4/h7-9,11-12,17H,5-6,10H2,1-4H3. The number of ether oxygens (including phenoxy) is 1. The molecule has 3 heteroatoms. The van der Waals surface area contributed by atoms with Crippen LogP contribution in [0.3, 0.4) is 0 Å². The molecule has 0 heterocycles. The molecule has 0 saturated carbocycles. The van der Waals surface area contributed by atoms with Crippen LogP contribution in [0.25, 0.3) is 0 Å². The Hall–Kier alpha value is -0.730.